The summed E-state index contributed by atoms with van der Waals surface area (Å²) in [4.78, 5) is 0. The van der Waals surface area contributed by atoms with Crippen molar-refractivity contribution in [2.45, 2.75) is 13.5 Å². The number of methoxy groups -OCH3 is 1. The lowest BCUT2D eigenvalue weighted by molar-refractivity contribution is 0.414. The van der Waals surface area contributed by atoms with Crippen molar-refractivity contribution in [1.82, 2.24) is 9.78 Å². The second kappa shape index (κ2) is 5.84. The van der Waals surface area contributed by atoms with Crippen LogP contribution in [-0.4, -0.2) is 16.9 Å². The molecule has 0 atom stereocenters. The minimum Gasteiger partial charge on any atom is -0.497 e. The zero-order chi connectivity index (χ0) is 14.0. The molecule has 0 unspecified atom stereocenters. The second-order valence-electron chi connectivity index (χ2n) is 4.20. The molecule has 1 aromatic carbocycles. The summed E-state index contributed by atoms with van der Waals surface area (Å²) in [5.41, 5.74) is 2.76. The van der Waals surface area contributed by atoms with E-state index in [2.05, 4.69) is 26.3 Å². The van der Waals surface area contributed by atoms with Crippen molar-refractivity contribution in [3.05, 3.63) is 39.1 Å². The van der Waals surface area contributed by atoms with Crippen molar-refractivity contribution >= 4 is 33.2 Å². The van der Waals surface area contributed by atoms with Gasteiger partial charge in [0.15, 0.2) is 0 Å². The smallest absolute Gasteiger partial charge is 0.122 e. The molecule has 0 fully saturated rings. The molecule has 2 rings (SSSR count). The Morgan fingerprint density at radius 2 is 2.16 bits per heavy atom. The summed E-state index contributed by atoms with van der Waals surface area (Å²) in [6.07, 6.45) is 0. The fourth-order valence-electron chi connectivity index (χ4n) is 1.84. The third-order valence-corrected chi connectivity index (χ3v) is 3.78. The molecule has 1 N–H and O–H groups in total. The van der Waals surface area contributed by atoms with E-state index in [1.807, 2.05) is 32.2 Å². The average Bonchev–Trinajstić information content (AvgIpc) is 2.60. The molecule has 0 bridgehead atoms. The van der Waals surface area contributed by atoms with Gasteiger partial charge in [0.1, 0.15) is 5.75 Å². The van der Waals surface area contributed by atoms with Gasteiger partial charge in [0.25, 0.3) is 0 Å². The van der Waals surface area contributed by atoms with Crippen molar-refractivity contribution in [2.75, 3.05) is 12.4 Å². The summed E-state index contributed by atoms with van der Waals surface area (Å²) >= 11 is 9.66. The van der Waals surface area contributed by atoms with E-state index in [0.29, 0.717) is 11.6 Å². The number of benzene rings is 1. The quantitative estimate of drug-likeness (QED) is 0.918. The number of ether oxygens (including phenoxy) is 1. The molecule has 1 aromatic heterocycles. The van der Waals surface area contributed by atoms with Crippen LogP contribution in [0.5, 0.6) is 5.75 Å². The lowest BCUT2D eigenvalue weighted by atomic mass is 10.3. The van der Waals surface area contributed by atoms with Gasteiger partial charge in [-0.3, -0.25) is 4.68 Å². The summed E-state index contributed by atoms with van der Waals surface area (Å²) in [7, 11) is 3.53. The van der Waals surface area contributed by atoms with E-state index in [-0.39, 0.29) is 0 Å². The highest BCUT2D eigenvalue weighted by atomic mass is 79.9. The molecule has 0 aliphatic heterocycles. The molecule has 4 nitrogen and oxygen atoms in total. The predicted molar refractivity (Wildman–Crippen MR) is 81.0 cm³/mol. The second-order valence-corrected chi connectivity index (χ2v) is 5.50. The van der Waals surface area contributed by atoms with Gasteiger partial charge in [-0.2, -0.15) is 5.10 Å². The van der Waals surface area contributed by atoms with Crippen molar-refractivity contribution in [3.8, 4) is 5.75 Å². The Bertz CT molecular complexity index is 598. The maximum absolute atomic E-state index is 6.21. The minimum atomic E-state index is 0.607. The Labute approximate surface area is 125 Å². The number of rotatable bonds is 4. The maximum Gasteiger partial charge on any atom is 0.122 e. The summed E-state index contributed by atoms with van der Waals surface area (Å²) in [6, 6.07) is 5.83. The molecular formula is C13H15BrClN3O. The number of hydrogen-bond acceptors (Lipinski definition) is 3. The van der Waals surface area contributed by atoms with Gasteiger partial charge in [-0.15, -0.1) is 0 Å². The lowest BCUT2D eigenvalue weighted by Gasteiger charge is -2.09. The van der Waals surface area contributed by atoms with Crippen LogP contribution in [0.2, 0.25) is 5.02 Å². The standard InChI is InChI=1S/C13H15BrClN3O/c1-8-13(15)12(18(2)17-8)7-16-10-4-9(14)5-11(6-10)19-3/h4-6,16H,7H2,1-3H3. The molecule has 0 aliphatic carbocycles. The van der Waals surface area contributed by atoms with Gasteiger partial charge in [-0.1, -0.05) is 27.5 Å². The first-order valence-corrected chi connectivity index (χ1v) is 6.94. The molecular weight excluding hydrogens is 330 g/mol. The molecule has 0 amide bonds. The molecule has 6 heteroatoms. The van der Waals surface area contributed by atoms with Gasteiger partial charge >= 0.3 is 0 Å². The van der Waals surface area contributed by atoms with E-state index in [0.717, 1.165) is 27.3 Å². The Morgan fingerprint density at radius 3 is 2.74 bits per heavy atom. The summed E-state index contributed by atoms with van der Waals surface area (Å²) in [6.45, 7) is 2.50. The van der Waals surface area contributed by atoms with Crippen molar-refractivity contribution in [2.24, 2.45) is 7.05 Å². The van der Waals surface area contributed by atoms with Crippen LogP contribution in [0.4, 0.5) is 5.69 Å². The number of halogens is 2. The lowest BCUT2D eigenvalue weighted by Crippen LogP contribution is -2.06. The van der Waals surface area contributed by atoms with Crippen molar-refractivity contribution < 1.29 is 4.74 Å². The van der Waals surface area contributed by atoms with E-state index in [9.17, 15) is 0 Å². The molecule has 2 aromatic rings. The molecule has 19 heavy (non-hydrogen) atoms. The highest BCUT2D eigenvalue weighted by Gasteiger charge is 2.10. The number of nitrogens with zero attached hydrogens (tertiary/aromatic N) is 2. The van der Waals surface area contributed by atoms with Crippen LogP contribution in [0.1, 0.15) is 11.4 Å². The zero-order valence-electron chi connectivity index (χ0n) is 11.0. The van der Waals surface area contributed by atoms with Gasteiger partial charge in [0.2, 0.25) is 0 Å². The van der Waals surface area contributed by atoms with Crippen LogP contribution in [0.15, 0.2) is 22.7 Å². The Hall–Kier alpha value is -1.20. The van der Waals surface area contributed by atoms with E-state index in [4.69, 9.17) is 16.3 Å². The van der Waals surface area contributed by atoms with E-state index < -0.39 is 0 Å². The summed E-state index contributed by atoms with van der Waals surface area (Å²) in [5.74, 6) is 0.796. The van der Waals surface area contributed by atoms with Crippen LogP contribution in [0.25, 0.3) is 0 Å². The molecule has 1 heterocycles. The number of nitrogens with one attached hydrogen (secondary N) is 1. The van der Waals surface area contributed by atoms with Crippen molar-refractivity contribution in [3.63, 3.8) is 0 Å². The Morgan fingerprint density at radius 1 is 1.42 bits per heavy atom. The first-order valence-electron chi connectivity index (χ1n) is 5.77. The topological polar surface area (TPSA) is 39.1 Å². The third kappa shape index (κ3) is 3.22. The fraction of sp³-hybridized carbons (Fsp3) is 0.308. The minimum absolute atomic E-state index is 0.607. The Balaban J connectivity index is 2.16. The molecule has 0 aliphatic rings. The summed E-state index contributed by atoms with van der Waals surface area (Å²) < 4.78 is 7.98. The SMILES string of the molecule is COc1cc(Br)cc(NCc2c(Cl)c(C)nn2C)c1. The van der Waals surface area contributed by atoms with E-state index >= 15 is 0 Å². The number of hydrogen-bond donors (Lipinski definition) is 1. The molecule has 0 spiro atoms. The van der Waals surface area contributed by atoms with Gasteiger partial charge in [0.05, 0.1) is 30.1 Å². The molecule has 102 valence electrons. The van der Waals surface area contributed by atoms with Crippen LogP contribution in [0.3, 0.4) is 0 Å². The van der Waals surface area contributed by atoms with Gasteiger partial charge < -0.3 is 10.1 Å². The number of aromatic nitrogens is 2. The van der Waals surface area contributed by atoms with Crippen molar-refractivity contribution in [1.29, 1.82) is 0 Å². The zero-order valence-corrected chi connectivity index (χ0v) is 13.3. The normalized spacial score (nSPS) is 10.6. The largest absolute Gasteiger partial charge is 0.497 e. The van der Waals surface area contributed by atoms with E-state index in [1.54, 1.807) is 11.8 Å². The van der Waals surface area contributed by atoms with E-state index in [1.165, 1.54) is 0 Å². The predicted octanol–water partition coefficient (Wildman–Crippen LogP) is 3.77. The number of anilines is 1. The first kappa shape index (κ1) is 14.2. The average molecular weight is 345 g/mol. The van der Waals surface area contributed by atoms with Crippen LogP contribution >= 0.6 is 27.5 Å². The van der Waals surface area contributed by atoms with Gasteiger partial charge in [-0.05, 0) is 19.1 Å². The van der Waals surface area contributed by atoms with Crippen LogP contribution in [-0.2, 0) is 13.6 Å². The molecule has 0 saturated heterocycles. The molecule has 0 saturated carbocycles. The van der Waals surface area contributed by atoms with Gasteiger partial charge in [0, 0.05) is 23.3 Å². The summed E-state index contributed by atoms with van der Waals surface area (Å²) in [5, 5.41) is 8.31. The number of aryl methyl sites for hydroxylation is 2. The highest BCUT2D eigenvalue weighted by molar-refractivity contribution is 9.10. The fourth-order valence-corrected chi connectivity index (χ4v) is 2.54. The Kier molecular flexibility index (Phi) is 4.37. The molecule has 0 radical (unpaired) electrons. The maximum atomic E-state index is 6.21. The monoisotopic (exact) mass is 343 g/mol. The van der Waals surface area contributed by atoms with Crippen LogP contribution < -0.4 is 10.1 Å². The van der Waals surface area contributed by atoms with Gasteiger partial charge in [-0.25, -0.2) is 0 Å². The highest BCUT2D eigenvalue weighted by Crippen LogP contribution is 2.26. The third-order valence-electron chi connectivity index (χ3n) is 2.83. The van der Waals surface area contributed by atoms with Crippen LogP contribution in [0, 0.1) is 6.92 Å². The first-order chi connectivity index (χ1) is 9.01.